The van der Waals surface area contributed by atoms with Crippen LogP contribution >= 0.6 is 0 Å². The summed E-state index contributed by atoms with van der Waals surface area (Å²) in [5.41, 5.74) is 1.61. The van der Waals surface area contributed by atoms with Crippen LogP contribution in [0.2, 0.25) is 0 Å². The Morgan fingerprint density at radius 2 is 1.80 bits per heavy atom. The van der Waals surface area contributed by atoms with Crippen LogP contribution in [0.25, 0.3) is 0 Å². The summed E-state index contributed by atoms with van der Waals surface area (Å²) in [6, 6.07) is 7.24. The third kappa shape index (κ3) is 5.99. The van der Waals surface area contributed by atoms with Crippen molar-refractivity contribution in [3.05, 3.63) is 47.8 Å². The van der Waals surface area contributed by atoms with Crippen LogP contribution in [0.1, 0.15) is 17.0 Å². The summed E-state index contributed by atoms with van der Waals surface area (Å²) < 4.78 is 60.5. The SMILES string of the molecule is O=C(O)C(F)(F)F.O=C(O)C1CN(c2cncc(OC(F)F)n2)Cc2ccccc21. The van der Waals surface area contributed by atoms with E-state index in [1.807, 2.05) is 12.1 Å². The van der Waals surface area contributed by atoms with E-state index in [1.165, 1.54) is 6.20 Å². The Kier molecular flexibility index (Phi) is 7.08. The molecule has 1 unspecified atom stereocenters. The monoisotopic (exact) mass is 435 g/mol. The second-order valence-electron chi connectivity index (χ2n) is 5.87. The average molecular weight is 435 g/mol. The van der Waals surface area contributed by atoms with Gasteiger partial charge in [0.2, 0.25) is 5.88 Å². The first-order valence-corrected chi connectivity index (χ1v) is 8.11. The molecule has 2 heterocycles. The molecule has 162 valence electrons. The zero-order chi connectivity index (χ0) is 22.5. The Morgan fingerprint density at radius 3 is 2.37 bits per heavy atom. The molecule has 3 rings (SSSR count). The predicted molar refractivity (Wildman–Crippen MR) is 90.2 cm³/mol. The number of aliphatic carboxylic acids is 2. The second-order valence-corrected chi connectivity index (χ2v) is 5.87. The van der Waals surface area contributed by atoms with E-state index in [1.54, 1.807) is 17.0 Å². The molecule has 0 saturated heterocycles. The third-order valence-corrected chi connectivity index (χ3v) is 3.87. The first kappa shape index (κ1) is 22.8. The molecule has 0 saturated carbocycles. The Hall–Kier alpha value is -3.51. The van der Waals surface area contributed by atoms with Gasteiger partial charge >= 0.3 is 24.7 Å². The zero-order valence-electron chi connectivity index (χ0n) is 14.9. The molecule has 1 aromatic carbocycles. The molecule has 0 radical (unpaired) electrons. The van der Waals surface area contributed by atoms with Gasteiger partial charge in [0.1, 0.15) is 0 Å². The van der Waals surface area contributed by atoms with Crippen LogP contribution in [0.15, 0.2) is 36.7 Å². The van der Waals surface area contributed by atoms with Gasteiger partial charge in [-0.3, -0.25) is 9.78 Å². The number of nitrogens with zero attached hydrogens (tertiary/aromatic N) is 3. The molecule has 13 heteroatoms. The van der Waals surface area contributed by atoms with Crippen molar-refractivity contribution in [3.8, 4) is 5.88 Å². The lowest BCUT2D eigenvalue weighted by molar-refractivity contribution is -0.192. The number of alkyl halides is 5. The van der Waals surface area contributed by atoms with Crippen molar-refractivity contribution in [1.29, 1.82) is 0 Å². The van der Waals surface area contributed by atoms with Crippen molar-refractivity contribution in [2.75, 3.05) is 11.4 Å². The minimum atomic E-state index is -5.08. The minimum Gasteiger partial charge on any atom is -0.481 e. The van der Waals surface area contributed by atoms with Gasteiger partial charge in [-0.1, -0.05) is 24.3 Å². The van der Waals surface area contributed by atoms with Crippen LogP contribution in [-0.2, 0) is 16.1 Å². The number of hydrogen-bond acceptors (Lipinski definition) is 6. The van der Waals surface area contributed by atoms with Crippen LogP contribution < -0.4 is 9.64 Å². The maximum absolute atomic E-state index is 12.3. The van der Waals surface area contributed by atoms with Crippen molar-refractivity contribution in [2.24, 2.45) is 0 Å². The summed E-state index contributed by atoms with van der Waals surface area (Å²) in [6.07, 6.45) is -2.60. The molecule has 1 aromatic heterocycles. The number of aromatic nitrogens is 2. The van der Waals surface area contributed by atoms with E-state index in [0.717, 1.165) is 17.3 Å². The maximum atomic E-state index is 12.3. The molecule has 0 amide bonds. The minimum absolute atomic E-state index is 0.180. The van der Waals surface area contributed by atoms with Crippen molar-refractivity contribution in [3.63, 3.8) is 0 Å². The van der Waals surface area contributed by atoms with Gasteiger partial charge in [-0.05, 0) is 11.1 Å². The number of carboxylic acid groups (broad SMARTS) is 2. The largest absolute Gasteiger partial charge is 0.490 e. The number of fused-ring (bicyclic) bond motifs is 1. The standard InChI is InChI=1S/C15H13F2N3O3.C2HF3O2/c16-15(17)23-13-6-18-5-12(19-13)20-7-9-3-1-2-4-10(9)11(8-20)14(21)22;3-2(4,5)1(6)7/h1-6,11,15H,7-8H2,(H,21,22);(H,6,7). The highest BCUT2D eigenvalue weighted by atomic mass is 19.4. The summed E-state index contributed by atoms with van der Waals surface area (Å²) in [5.74, 6) is -4.43. The lowest BCUT2D eigenvalue weighted by atomic mass is 9.90. The predicted octanol–water partition coefficient (Wildman–Crippen LogP) is 2.90. The molecule has 8 nitrogen and oxygen atoms in total. The molecule has 2 aromatic rings. The Morgan fingerprint density at radius 1 is 1.17 bits per heavy atom. The number of ether oxygens (including phenoxy) is 1. The van der Waals surface area contributed by atoms with Gasteiger partial charge in [-0.2, -0.15) is 26.9 Å². The van der Waals surface area contributed by atoms with E-state index < -0.39 is 30.6 Å². The molecule has 0 bridgehead atoms. The summed E-state index contributed by atoms with van der Waals surface area (Å²) in [6.45, 7) is -2.39. The highest BCUT2D eigenvalue weighted by molar-refractivity contribution is 5.78. The molecular weight excluding hydrogens is 421 g/mol. The van der Waals surface area contributed by atoms with E-state index in [4.69, 9.17) is 9.90 Å². The quantitative estimate of drug-likeness (QED) is 0.705. The van der Waals surface area contributed by atoms with Crippen molar-refractivity contribution in [2.45, 2.75) is 25.3 Å². The fourth-order valence-electron chi connectivity index (χ4n) is 2.63. The smallest absolute Gasteiger partial charge is 0.481 e. The fraction of sp³-hybridized carbons (Fsp3) is 0.294. The Labute approximate surface area is 165 Å². The van der Waals surface area contributed by atoms with Crippen LogP contribution in [0.4, 0.5) is 27.8 Å². The van der Waals surface area contributed by atoms with E-state index in [9.17, 15) is 31.9 Å². The molecule has 1 aliphatic rings. The summed E-state index contributed by atoms with van der Waals surface area (Å²) in [5, 5.41) is 16.6. The topological polar surface area (TPSA) is 113 Å². The number of hydrogen-bond donors (Lipinski definition) is 2. The van der Waals surface area contributed by atoms with Crippen molar-refractivity contribution in [1.82, 2.24) is 9.97 Å². The van der Waals surface area contributed by atoms with Gasteiger partial charge in [0.15, 0.2) is 5.82 Å². The number of anilines is 1. The number of halogens is 5. The van der Waals surface area contributed by atoms with E-state index in [2.05, 4.69) is 14.7 Å². The third-order valence-electron chi connectivity index (χ3n) is 3.87. The number of carboxylic acids is 2. The van der Waals surface area contributed by atoms with E-state index in [0.29, 0.717) is 12.4 Å². The molecule has 0 fully saturated rings. The first-order valence-electron chi connectivity index (χ1n) is 8.11. The van der Waals surface area contributed by atoms with Crippen LogP contribution in [-0.4, -0.2) is 51.5 Å². The maximum Gasteiger partial charge on any atom is 0.490 e. The number of carbonyl (C=O) groups is 2. The molecule has 0 aliphatic carbocycles. The van der Waals surface area contributed by atoms with Crippen LogP contribution in [0.3, 0.4) is 0 Å². The molecule has 2 N–H and O–H groups in total. The van der Waals surface area contributed by atoms with Crippen LogP contribution in [0, 0.1) is 0 Å². The van der Waals surface area contributed by atoms with E-state index in [-0.39, 0.29) is 12.4 Å². The normalized spacial score (nSPS) is 15.7. The first-order chi connectivity index (χ1) is 14.0. The van der Waals surface area contributed by atoms with Gasteiger partial charge in [0, 0.05) is 13.1 Å². The van der Waals surface area contributed by atoms with E-state index >= 15 is 0 Å². The van der Waals surface area contributed by atoms with Gasteiger partial charge in [-0.15, -0.1) is 0 Å². The lowest BCUT2D eigenvalue weighted by Gasteiger charge is -2.33. The highest BCUT2D eigenvalue weighted by Gasteiger charge is 2.38. The number of rotatable bonds is 4. The lowest BCUT2D eigenvalue weighted by Crippen LogP contribution is -2.37. The van der Waals surface area contributed by atoms with Crippen molar-refractivity contribution >= 4 is 17.8 Å². The average Bonchev–Trinajstić information content (AvgIpc) is 2.66. The van der Waals surface area contributed by atoms with Gasteiger partial charge in [0.25, 0.3) is 0 Å². The Balaban J connectivity index is 0.000000396. The number of benzene rings is 1. The fourth-order valence-corrected chi connectivity index (χ4v) is 2.63. The van der Waals surface area contributed by atoms with Gasteiger partial charge < -0.3 is 19.8 Å². The Bertz CT molecular complexity index is 909. The summed E-state index contributed by atoms with van der Waals surface area (Å²) in [7, 11) is 0. The summed E-state index contributed by atoms with van der Waals surface area (Å²) in [4.78, 5) is 29.9. The summed E-state index contributed by atoms with van der Waals surface area (Å²) >= 11 is 0. The van der Waals surface area contributed by atoms with Gasteiger partial charge in [0.05, 0.1) is 18.3 Å². The van der Waals surface area contributed by atoms with Crippen LogP contribution in [0.5, 0.6) is 5.88 Å². The van der Waals surface area contributed by atoms with Crippen molar-refractivity contribution < 1.29 is 46.5 Å². The molecule has 0 spiro atoms. The zero-order valence-corrected chi connectivity index (χ0v) is 14.9. The van der Waals surface area contributed by atoms with Gasteiger partial charge in [-0.25, -0.2) is 4.79 Å². The highest BCUT2D eigenvalue weighted by Crippen LogP contribution is 2.31. The molecular formula is C17H14F5N3O5. The molecule has 1 aliphatic heterocycles. The molecule has 1 atom stereocenters. The second kappa shape index (κ2) is 9.33. The molecule has 30 heavy (non-hydrogen) atoms.